The van der Waals surface area contributed by atoms with Gasteiger partial charge in [-0.3, -0.25) is 0 Å². The van der Waals surface area contributed by atoms with Crippen LogP contribution < -0.4 is 5.32 Å². The highest BCUT2D eigenvalue weighted by Crippen LogP contribution is 2.38. The Hall–Kier alpha value is -0.0800. The van der Waals surface area contributed by atoms with Crippen LogP contribution in [0.2, 0.25) is 0 Å². The summed E-state index contributed by atoms with van der Waals surface area (Å²) in [5.74, 6) is 0. The summed E-state index contributed by atoms with van der Waals surface area (Å²) in [7, 11) is 2.38. The molecule has 0 amide bonds. The van der Waals surface area contributed by atoms with E-state index < -0.39 is 0 Å². The summed E-state index contributed by atoms with van der Waals surface area (Å²) in [6.07, 6.45) is 11.1. The fraction of sp³-hybridized carbons (Fsp3) is 1.00. The van der Waals surface area contributed by atoms with Gasteiger partial charge in [0.25, 0.3) is 0 Å². The third kappa shape index (κ3) is 4.19. The van der Waals surface area contributed by atoms with Gasteiger partial charge >= 0.3 is 0 Å². The molecule has 0 aromatic carbocycles. The minimum atomic E-state index is 0.595. The van der Waals surface area contributed by atoms with Crippen molar-refractivity contribution in [3.8, 4) is 0 Å². The average molecular weight is 266 g/mol. The Balaban J connectivity index is 1.76. The van der Waals surface area contributed by atoms with Crippen molar-refractivity contribution in [3.63, 3.8) is 0 Å². The zero-order chi connectivity index (χ0) is 13.9. The molecule has 2 saturated carbocycles. The lowest BCUT2D eigenvalue weighted by molar-refractivity contribution is 0.0952. The van der Waals surface area contributed by atoms with E-state index in [-0.39, 0.29) is 0 Å². The minimum absolute atomic E-state index is 0.595. The molecule has 2 unspecified atom stereocenters. The van der Waals surface area contributed by atoms with Crippen molar-refractivity contribution in [3.05, 3.63) is 0 Å². The predicted octanol–water partition coefficient (Wildman–Crippen LogP) is 3.81. The second kappa shape index (κ2) is 6.58. The maximum absolute atomic E-state index is 3.71. The number of nitrogens with zero attached hydrogens (tertiary/aromatic N) is 1. The molecule has 2 fully saturated rings. The molecule has 0 aromatic heterocycles. The second-order valence-electron chi connectivity index (χ2n) is 7.68. The Bertz CT molecular complexity index is 264. The maximum Gasteiger partial charge on any atom is 0.0110 e. The molecule has 19 heavy (non-hydrogen) atoms. The van der Waals surface area contributed by atoms with Gasteiger partial charge in [-0.05, 0) is 70.4 Å². The fourth-order valence-corrected chi connectivity index (χ4v) is 3.95. The van der Waals surface area contributed by atoms with Gasteiger partial charge in [-0.2, -0.15) is 0 Å². The molecular weight excluding hydrogens is 232 g/mol. The maximum atomic E-state index is 3.71. The molecule has 2 aliphatic rings. The number of hydrogen-bond donors (Lipinski definition) is 1. The first-order chi connectivity index (χ1) is 9.02. The lowest BCUT2D eigenvalue weighted by atomic mass is 9.75. The number of hydrogen-bond acceptors (Lipinski definition) is 2. The Morgan fingerprint density at radius 1 is 1.05 bits per heavy atom. The SMILES string of the molecule is CCCNC1CCC(N(C)C2CCC(C)(C)CC2)C1. The van der Waals surface area contributed by atoms with E-state index >= 15 is 0 Å². The van der Waals surface area contributed by atoms with Gasteiger partial charge in [-0.15, -0.1) is 0 Å². The van der Waals surface area contributed by atoms with Gasteiger partial charge in [0.2, 0.25) is 0 Å². The van der Waals surface area contributed by atoms with Gasteiger partial charge < -0.3 is 10.2 Å². The largest absolute Gasteiger partial charge is 0.314 e. The van der Waals surface area contributed by atoms with Gasteiger partial charge in [0, 0.05) is 18.1 Å². The van der Waals surface area contributed by atoms with E-state index in [1.807, 2.05) is 0 Å². The third-order valence-electron chi connectivity index (χ3n) is 5.55. The van der Waals surface area contributed by atoms with Crippen LogP contribution in [0.3, 0.4) is 0 Å². The van der Waals surface area contributed by atoms with Crippen LogP contribution in [-0.4, -0.2) is 36.6 Å². The predicted molar refractivity (Wildman–Crippen MR) is 83.5 cm³/mol. The molecule has 2 atom stereocenters. The van der Waals surface area contributed by atoms with Crippen molar-refractivity contribution in [2.45, 2.75) is 90.3 Å². The third-order valence-corrected chi connectivity index (χ3v) is 5.55. The van der Waals surface area contributed by atoms with Crippen LogP contribution in [-0.2, 0) is 0 Å². The minimum Gasteiger partial charge on any atom is -0.314 e. The first-order valence-corrected chi connectivity index (χ1v) is 8.47. The summed E-state index contributed by atoms with van der Waals surface area (Å²) in [4.78, 5) is 2.73. The molecule has 0 aromatic rings. The van der Waals surface area contributed by atoms with Gasteiger partial charge in [0.15, 0.2) is 0 Å². The van der Waals surface area contributed by atoms with Crippen LogP contribution in [0.4, 0.5) is 0 Å². The summed E-state index contributed by atoms with van der Waals surface area (Å²) in [5.41, 5.74) is 0.595. The molecule has 0 aliphatic heterocycles. The Kier molecular flexibility index (Phi) is 5.30. The van der Waals surface area contributed by atoms with Gasteiger partial charge in [0.1, 0.15) is 0 Å². The van der Waals surface area contributed by atoms with E-state index in [2.05, 4.69) is 38.0 Å². The molecule has 0 spiro atoms. The Labute approximate surface area is 120 Å². The summed E-state index contributed by atoms with van der Waals surface area (Å²) in [6, 6.07) is 2.47. The summed E-state index contributed by atoms with van der Waals surface area (Å²) >= 11 is 0. The van der Waals surface area contributed by atoms with Crippen molar-refractivity contribution in [1.29, 1.82) is 0 Å². The monoisotopic (exact) mass is 266 g/mol. The van der Waals surface area contributed by atoms with Crippen molar-refractivity contribution >= 4 is 0 Å². The van der Waals surface area contributed by atoms with E-state index in [9.17, 15) is 0 Å². The van der Waals surface area contributed by atoms with Gasteiger partial charge in [-0.25, -0.2) is 0 Å². The Morgan fingerprint density at radius 3 is 2.37 bits per heavy atom. The molecule has 112 valence electrons. The quantitative estimate of drug-likeness (QED) is 0.814. The zero-order valence-corrected chi connectivity index (χ0v) is 13.5. The molecule has 0 heterocycles. The van der Waals surface area contributed by atoms with Crippen molar-refractivity contribution in [2.75, 3.05) is 13.6 Å². The van der Waals surface area contributed by atoms with E-state index in [1.54, 1.807) is 0 Å². The van der Waals surface area contributed by atoms with Crippen molar-refractivity contribution in [2.24, 2.45) is 5.41 Å². The van der Waals surface area contributed by atoms with E-state index in [0.29, 0.717) is 5.41 Å². The van der Waals surface area contributed by atoms with E-state index in [0.717, 1.165) is 18.1 Å². The van der Waals surface area contributed by atoms with Crippen molar-refractivity contribution in [1.82, 2.24) is 10.2 Å². The zero-order valence-electron chi connectivity index (χ0n) is 13.5. The van der Waals surface area contributed by atoms with Gasteiger partial charge in [0.05, 0.1) is 0 Å². The molecule has 0 saturated heterocycles. The van der Waals surface area contributed by atoms with Gasteiger partial charge in [-0.1, -0.05) is 20.8 Å². The topological polar surface area (TPSA) is 15.3 Å². The van der Waals surface area contributed by atoms with Crippen LogP contribution in [0.25, 0.3) is 0 Å². The van der Waals surface area contributed by atoms with E-state index in [1.165, 1.54) is 57.9 Å². The highest BCUT2D eigenvalue weighted by Gasteiger charge is 2.34. The lowest BCUT2D eigenvalue weighted by Crippen LogP contribution is -2.43. The molecule has 2 heteroatoms. The molecule has 2 rings (SSSR count). The first kappa shape index (κ1) is 15.3. The number of rotatable bonds is 5. The van der Waals surface area contributed by atoms with Crippen LogP contribution in [0.15, 0.2) is 0 Å². The van der Waals surface area contributed by atoms with Crippen LogP contribution in [0, 0.1) is 5.41 Å². The highest BCUT2D eigenvalue weighted by atomic mass is 15.2. The van der Waals surface area contributed by atoms with Crippen LogP contribution in [0.5, 0.6) is 0 Å². The smallest absolute Gasteiger partial charge is 0.0110 e. The molecule has 0 radical (unpaired) electrons. The summed E-state index contributed by atoms with van der Waals surface area (Å²) in [5, 5.41) is 3.71. The highest BCUT2D eigenvalue weighted by molar-refractivity contribution is 4.90. The fourth-order valence-electron chi connectivity index (χ4n) is 3.95. The first-order valence-electron chi connectivity index (χ1n) is 8.47. The Morgan fingerprint density at radius 2 is 1.74 bits per heavy atom. The van der Waals surface area contributed by atoms with E-state index in [4.69, 9.17) is 0 Å². The normalized spacial score (nSPS) is 32.1. The molecular formula is C17H34N2. The summed E-state index contributed by atoms with van der Waals surface area (Å²) in [6.45, 7) is 8.32. The standard InChI is InChI=1S/C17H34N2/c1-5-12-18-14-6-7-16(13-14)19(4)15-8-10-17(2,3)11-9-15/h14-16,18H,5-13H2,1-4H3. The molecule has 2 nitrogen and oxygen atoms in total. The van der Waals surface area contributed by atoms with Crippen LogP contribution >= 0.6 is 0 Å². The summed E-state index contributed by atoms with van der Waals surface area (Å²) < 4.78 is 0. The van der Waals surface area contributed by atoms with Crippen molar-refractivity contribution < 1.29 is 0 Å². The molecule has 2 aliphatic carbocycles. The average Bonchev–Trinajstić information content (AvgIpc) is 2.84. The molecule has 1 N–H and O–H groups in total. The number of nitrogens with one attached hydrogen (secondary N) is 1. The van der Waals surface area contributed by atoms with Crippen LogP contribution in [0.1, 0.15) is 72.1 Å². The second-order valence-corrected chi connectivity index (χ2v) is 7.68. The lowest BCUT2D eigenvalue weighted by Gasteiger charge is -2.41. The molecule has 0 bridgehead atoms.